The van der Waals surface area contributed by atoms with Crippen LogP contribution in [0.1, 0.15) is 11.1 Å². The van der Waals surface area contributed by atoms with Gasteiger partial charge in [0, 0.05) is 11.4 Å². The van der Waals surface area contributed by atoms with Crippen molar-refractivity contribution in [3.05, 3.63) is 93.5 Å². The van der Waals surface area contributed by atoms with Gasteiger partial charge in [0.05, 0.1) is 10.0 Å². The average Bonchev–Trinajstić information content (AvgIpc) is 2.80. The van der Waals surface area contributed by atoms with Crippen LogP contribution >= 0.6 is 23.2 Å². The van der Waals surface area contributed by atoms with Crippen LogP contribution in [0.5, 0.6) is 5.75 Å². The number of aryl methyl sites for hydroxylation is 1. The summed E-state index contributed by atoms with van der Waals surface area (Å²) < 4.78 is 5.48. The van der Waals surface area contributed by atoms with Crippen molar-refractivity contribution >= 4 is 52.5 Å². The summed E-state index contributed by atoms with van der Waals surface area (Å²) in [4.78, 5) is 24.5. The maximum Gasteiger partial charge on any atom is 0.266 e. The van der Waals surface area contributed by atoms with Crippen molar-refractivity contribution in [3.8, 4) is 11.8 Å². The van der Waals surface area contributed by atoms with E-state index >= 15 is 0 Å². The first-order valence-corrected chi connectivity index (χ1v) is 10.6. The number of anilines is 2. The third kappa shape index (κ3) is 6.84. The number of rotatable bonds is 7. The summed E-state index contributed by atoms with van der Waals surface area (Å²) in [6.07, 6.45) is 1.48. The number of amides is 2. The maximum atomic E-state index is 12.4. The van der Waals surface area contributed by atoms with Gasteiger partial charge in [0.15, 0.2) is 6.61 Å². The number of hydrogen-bond donors (Lipinski definition) is 2. The summed E-state index contributed by atoms with van der Waals surface area (Å²) in [5, 5.41) is 15.5. The van der Waals surface area contributed by atoms with Crippen LogP contribution in [0, 0.1) is 18.3 Å². The number of carbonyl (C=O) groups excluding carboxylic acids is 2. The molecule has 0 unspecified atom stereocenters. The van der Waals surface area contributed by atoms with E-state index in [2.05, 4.69) is 10.6 Å². The number of para-hydroxylation sites is 1. The zero-order valence-electron chi connectivity index (χ0n) is 17.6. The SMILES string of the molecule is Cc1ccccc1NC(=O)/C(C#N)=C/c1ccc(OCC(=O)Nc2ccc(Cl)c(Cl)c2)cc1. The number of ether oxygens (including phenoxy) is 1. The second kappa shape index (κ2) is 11.2. The van der Waals surface area contributed by atoms with Crippen molar-refractivity contribution in [2.45, 2.75) is 6.92 Å². The van der Waals surface area contributed by atoms with Crippen LogP contribution < -0.4 is 15.4 Å². The molecule has 0 fully saturated rings. The van der Waals surface area contributed by atoms with Crippen molar-refractivity contribution in [2.24, 2.45) is 0 Å². The Bertz CT molecular complexity index is 1250. The van der Waals surface area contributed by atoms with Gasteiger partial charge in [-0.3, -0.25) is 9.59 Å². The number of nitrogens with one attached hydrogen (secondary N) is 2. The van der Waals surface area contributed by atoms with E-state index in [1.54, 1.807) is 48.5 Å². The van der Waals surface area contributed by atoms with Gasteiger partial charge in [-0.15, -0.1) is 0 Å². The topological polar surface area (TPSA) is 91.2 Å². The van der Waals surface area contributed by atoms with E-state index in [4.69, 9.17) is 27.9 Å². The number of carbonyl (C=O) groups is 2. The lowest BCUT2D eigenvalue weighted by Gasteiger charge is -2.09. The molecule has 0 aliphatic rings. The van der Waals surface area contributed by atoms with Crippen LogP contribution in [0.4, 0.5) is 11.4 Å². The lowest BCUT2D eigenvalue weighted by molar-refractivity contribution is -0.118. The van der Waals surface area contributed by atoms with Gasteiger partial charge in [0.1, 0.15) is 17.4 Å². The van der Waals surface area contributed by atoms with E-state index in [-0.39, 0.29) is 18.1 Å². The van der Waals surface area contributed by atoms with Crippen molar-refractivity contribution in [3.63, 3.8) is 0 Å². The number of nitriles is 1. The summed E-state index contributed by atoms with van der Waals surface area (Å²) in [5.74, 6) is -0.401. The Morgan fingerprint density at radius 3 is 2.39 bits per heavy atom. The number of halogens is 2. The van der Waals surface area contributed by atoms with Crippen molar-refractivity contribution < 1.29 is 14.3 Å². The van der Waals surface area contributed by atoms with Crippen molar-refractivity contribution in [1.82, 2.24) is 0 Å². The first kappa shape index (κ1) is 23.9. The van der Waals surface area contributed by atoms with Crippen LogP contribution in [0.3, 0.4) is 0 Å². The molecule has 33 heavy (non-hydrogen) atoms. The van der Waals surface area contributed by atoms with E-state index in [1.807, 2.05) is 31.2 Å². The van der Waals surface area contributed by atoms with Crippen molar-refractivity contribution in [1.29, 1.82) is 5.26 Å². The third-order valence-corrected chi connectivity index (χ3v) is 5.26. The summed E-state index contributed by atoms with van der Waals surface area (Å²) >= 11 is 11.8. The van der Waals surface area contributed by atoms with E-state index in [9.17, 15) is 14.9 Å². The van der Waals surface area contributed by atoms with Crippen LogP contribution in [-0.4, -0.2) is 18.4 Å². The number of hydrogen-bond acceptors (Lipinski definition) is 4. The molecule has 0 aromatic heterocycles. The Morgan fingerprint density at radius 2 is 1.73 bits per heavy atom. The fraction of sp³-hybridized carbons (Fsp3) is 0.0800. The molecule has 166 valence electrons. The van der Waals surface area contributed by atoms with Gasteiger partial charge in [-0.1, -0.05) is 53.5 Å². The quantitative estimate of drug-likeness (QED) is 0.327. The first-order valence-electron chi connectivity index (χ1n) is 9.82. The Hall–Kier alpha value is -3.79. The van der Waals surface area contributed by atoms with Crippen LogP contribution in [0.25, 0.3) is 6.08 Å². The van der Waals surface area contributed by atoms with Gasteiger partial charge in [-0.2, -0.15) is 5.26 Å². The van der Waals surface area contributed by atoms with E-state index in [0.717, 1.165) is 5.56 Å². The second-order valence-electron chi connectivity index (χ2n) is 6.97. The standard InChI is InChI=1S/C25H19Cl2N3O3/c1-16-4-2-3-5-23(16)30-25(32)18(14-28)12-17-6-9-20(10-7-17)33-15-24(31)29-19-8-11-21(26)22(27)13-19/h2-13H,15H2,1H3,(H,29,31)(H,30,32)/b18-12+. The second-order valence-corrected chi connectivity index (χ2v) is 7.79. The molecule has 0 heterocycles. The van der Waals surface area contributed by atoms with Gasteiger partial charge in [0.2, 0.25) is 0 Å². The first-order chi connectivity index (χ1) is 15.9. The van der Waals surface area contributed by atoms with E-state index in [0.29, 0.717) is 32.7 Å². The molecule has 3 aromatic rings. The monoisotopic (exact) mass is 479 g/mol. The Balaban J connectivity index is 1.58. The molecule has 2 N–H and O–H groups in total. The molecule has 0 aliphatic carbocycles. The molecule has 0 saturated heterocycles. The predicted octanol–water partition coefficient (Wildman–Crippen LogP) is 5.87. The van der Waals surface area contributed by atoms with Crippen LogP contribution in [0.2, 0.25) is 10.0 Å². The predicted molar refractivity (Wildman–Crippen MR) is 130 cm³/mol. The molecule has 0 saturated carbocycles. The highest BCUT2D eigenvalue weighted by molar-refractivity contribution is 6.42. The summed E-state index contributed by atoms with van der Waals surface area (Å²) in [6.45, 7) is 1.66. The fourth-order valence-electron chi connectivity index (χ4n) is 2.80. The fourth-order valence-corrected chi connectivity index (χ4v) is 3.10. The smallest absolute Gasteiger partial charge is 0.266 e. The highest BCUT2D eigenvalue weighted by Crippen LogP contribution is 2.25. The molecule has 0 spiro atoms. The summed E-state index contributed by atoms with van der Waals surface area (Å²) in [5.41, 5.74) is 2.65. The molecule has 0 bridgehead atoms. The minimum atomic E-state index is -0.494. The molecule has 3 rings (SSSR count). The zero-order valence-corrected chi connectivity index (χ0v) is 19.1. The molecule has 0 aliphatic heterocycles. The highest BCUT2D eigenvalue weighted by atomic mass is 35.5. The zero-order chi connectivity index (χ0) is 23.8. The summed E-state index contributed by atoms with van der Waals surface area (Å²) in [7, 11) is 0. The molecular weight excluding hydrogens is 461 g/mol. The van der Waals surface area contributed by atoms with Gasteiger partial charge in [-0.05, 0) is 60.5 Å². The van der Waals surface area contributed by atoms with Gasteiger partial charge < -0.3 is 15.4 Å². The highest BCUT2D eigenvalue weighted by Gasteiger charge is 2.11. The van der Waals surface area contributed by atoms with Gasteiger partial charge in [-0.25, -0.2) is 0 Å². The minimum Gasteiger partial charge on any atom is -0.484 e. The lowest BCUT2D eigenvalue weighted by Crippen LogP contribution is -2.20. The molecule has 0 atom stereocenters. The Kier molecular flexibility index (Phi) is 8.09. The Morgan fingerprint density at radius 1 is 1.00 bits per heavy atom. The molecule has 0 radical (unpaired) electrons. The van der Waals surface area contributed by atoms with E-state index in [1.165, 1.54) is 6.08 Å². The Labute approximate surface area is 201 Å². The van der Waals surface area contributed by atoms with Crippen molar-refractivity contribution in [2.75, 3.05) is 17.2 Å². The average molecular weight is 480 g/mol. The third-order valence-electron chi connectivity index (χ3n) is 4.52. The molecule has 3 aromatic carbocycles. The maximum absolute atomic E-state index is 12.4. The molecule has 6 nitrogen and oxygen atoms in total. The van der Waals surface area contributed by atoms with E-state index < -0.39 is 5.91 Å². The van der Waals surface area contributed by atoms with Crippen LogP contribution in [0.15, 0.2) is 72.3 Å². The normalized spacial score (nSPS) is 10.8. The summed E-state index contributed by atoms with van der Waals surface area (Å²) in [6, 6.07) is 20.7. The lowest BCUT2D eigenvalue weighted by atomic mass is 10.1. The number of nitrogens with zero attached hydrogens (tertiary/aromatic N) is 1. The molecular formula is C25H19Cl2N3O3. The van der Waals surface area contributed by atoms with Crippen LogP contribution in [-0.2, 0) is 9.59 Å². The van der Waals surface area contributed by atoms with Gasteiger partial charge in [0.25, 0.3) is 11.8 Å². The minimum absolute atomic E-state index is 0.0343. The molecule has 8 heteroatoms. The molecule has 2 amide bonds. The van der Waals surface area contributed by atoms with Gasteiger partial charge >= 0.3 is 0 Å². The number of benzene rings is 3. The largest absolute Gasteiger partial charge is 0.484 e.